The minimum atomic E-state index is -0.588. The molecule has 2 aromatic rings. The molecule has 0 radical (unpaired) electrons. The molecule has 1 N–H and O–H groups in total. The van der Waals surface area contributed by atoms with Crippen LogP contribution in [0.5, 0.6) is 0 Å². The average Bonchev–Trinajstić information content (AvgIpc) is 2.81. The molecule has 0 saturated heterocycles. The van der Waals surface area contributed by atoms with Gasteiger partial charge in [0.25, 0.3) is 11.7 Å². The number of unbranched alkanes of at least 4 members (excludes halogenated alkanes) is 1. The van der Waals surface area contributed by atoms with E-state index in [0.717, 1.165) is 29.8 Å². The number of carbonyl (C=O) groups is 1. The van der Waals surface area contributed by atoms with Gasteiger partial charge in [0.2, 0.25) is 5.82 Å². The summed E-state index contributed by atoms with van der Waals surface area (Å²) in [5.74, 6) is -0.322. The molecular weight excluding hydrogens is 252 g/mol. The zero-order valence-electron chi connectivity index (χ0n) is 10.2. The van der Waals surface area contributed by atoms with Crippen molar-refractivity contribution in [1.82, 2.24) is 24.9 Å². The van der Waals surface area contributed by atoms with Crippen LogP contribution in [0.4, 0.5) is 5.69 Å². The number of hydrogen-bond donors (Lipinski definition) is 1. The first-order valence-corrected chi connectivity index (χ1v) is 5.77. The average molecular weight is 264 g/mol. The fourth-order valence-corrected chi connectivity index (χ4v) is 1.42. The Balaban J connectivity index is 2.21. The van der Waals surface area contributed by atoms with Crippen LogP contribution < -0.4 is 5.32 Å². The molecule has 19 heavy (non-hydrogen) atoms. The Bertz CT molecular complexity index is 623. The van der Waals surface area contributed by atoms with Crippen LogP contribution in [0.25, 0.3) is 5.78 Å². The maximum Gasteiger partial charge on any atom is 0.305 e. The van der Waals surface area contributed by atoms with E-state index in [1.807, 2.05) is 6.92 Å². The number of fused-ring (bicyclic) bond motifs is 1. The number of hydrogen-bond acceptors (Lipinski definition) is 6. The van der Waals surface area contributed by atoms with E-state index in [-0.39, 0.29) is 17.3 Å². The van der Waals surface area contributed by atoms with Crippen LogP contribution in [0.15, 0.2) is 12.4 Å². The minimum absolute atomic E-state index is 0.0518. The summed E-state index contributed by atoms with van der Waals surface area (Å²) in [7, 11) is 0. The van der Waals surface area contributed by atoms with Gasteiger partial charge in [-0.3, -0.25) is 14.9 Å². The van der Waals surface area contributed by atoms with Crippen molar-refractivity contribution in [2.24, 2.45) is 0 Å². The van der Waals surface area contributed by atoms with Crippen molar-refractivity contribution < 1.29 is 9.72 Å². The number of rotatable bonds is 5. The Kier molecular flexibility index (Phi) is 3.64. The van der Waals surface area contributed by atoms with Crippen LogP contribution in [0, 0.1) is 10.1 Å². The summed E-state index contributed by atoms with van der Waals surface area (Å²) in [6, 6.07) is 0. The standard InChI is InChI=1S/C10H12N6O3/c1-2-3-4-11-9(17)8-13-10-12-5-7(16(18)19)6-15(10)14-8/h5-6H,2-4H2,1H3,(H,11,17). The molecule has 2 aromatic heterocycles. The second kappa shape index (κ2) is 5.38. The minimum Gasteiger partial charge on any atom is -0.349 e. The number of nitrogens with zero attached hydrogens (tertiary/aromatic N) is 5. The Hall–Kier alpha value is -2.58. The Morgan fingerprint density at radius 1 is 1.58 bits per heavy atom. The SMILES string of the molecule is CCCCNC(=O)c1nc2ncc([N+](=O)[O-])cn2n1. The summed E-state index contributed by atoms with van der Waals surface area (Å²) in [5, 5.41) is 17.1. The maximum absolute atomic E-state index is 11.7. The lowest BCUT2D eigenvalue weighted by molar-refractivity contribution is -0.385. The first-order valence-electron chi connectivity index (χ1n) is 5.77. The highest BCUT2D eigenvalue weighted by molar-refractivity contribution is 5.90. The summed E-state index contributed by atoms with van der Waals surface area (Å²) < 4.78 is 1.12. The Labute approximate surface area is 107 Å². The first-order chi connectivity index (χ1) is 9.11. The topological polar surface area (TPSA) is 115 Å². The second-order valence-corrected chi connectivity index (χ2v) is 3.86. The summed E-state index contributed by atoms with van der Waals surface area (Å²) >= 11 is 0. The van der Waals surface area contributed by atoms with Gasteiger partial charge in [-0.05, 0) is 6.42 Å². The van der Waals surface area contributed by atoms with E-state index >= 15 is 0 Å². The van der Waals surface area contributed by atoms with Crippen molar-refractivity contribution in [2.45, 2.75) is 19.8 Å². The van der Waals surface area contributed by atoms with Gasteiger partial charge < -0.3 is 5.32 Å². The monoisotopic (exact) mass is 264 g/mol. The van der Waals surface area contributed by atoms with Crippen molar-refractivity contribution >= 4 is 17.4 Å². The first kappa shape index (κ1) is 12.9. The van der Waals surface area contributed by atoms with E-state index in [0.29, 0.717) is 6.54 Å². The number of nitro groups is 1. The van der Waals surface area contributed by atoms with Gasteiger partial charge in [-0.25, -0.2) is 4.98 Å². The van der Waals surface area contributed by atoms with Gasteiger partial charge in [-0.15, -0.1) is 5.10 Å². The van der Waals surface area contributed by atoms with E-state index in [9.17, 15) is 14.9 Å². The maximum atomic E-state index is 11.7. The molecule has 0 spiro atoms. The van der Waals surface area contributed by atoms with Gasteiger partial charge >= 0.3 is 5.69 Å². The molecule has 0 fully saturated rings. The predicted octanol–water partition coefficient (Wildman–Crippen LogP) is 0.562. The van der Waals surface area contributed by atoms with Crippen LogP contribution in [0.2, 0.25) is 0 Å². The fourth-order valence-electron chi connectivity index (χ4n) is 1.42. The van der Waals surface area contributed by atoms with Crippen LogP contribution in [0.1, 0.15) is 30.4 Å². The molecule has 9 heteroatoms. The number of carbonyl (C=O) groups excluding carboxylic acids is 1. The van der Waals surface area contributed by atoms with Crippen molar-refractivity contribution in [1.29, 1.82) is 0 Å². The van der Waals surface area contributed by atoms with Gasteiger partial charge in [-0.1, -0.05) is 13.3 Å². The molecule has 2 rings (SSSR count). The predicted molar refractivity (Wildman–Crippen MR) is 64.7 cm³/mol. The quantitative estimate of drug-likeness (QED) is 0.479. The van der Waals surface area contributed by atoms with Gasteiger partial charge in [0.05, 0.1) is 4.92 Å². The molecule has 0 aliphatic rings. The van der Waals surface area contributed by atoms with E-state index in [1.165, 1.54) is 0 Å². The summed E-state index contributed by atoms with van der Waals surface area (Å²) in [4.78, 5) is 29.4. The number of nitrogens with one attached hydrogen (secondary N) is 1. The fraction of sp³-hybridized carbons (Fsp3) is 0.400. The van der Waals surface area contributed by atoms with E-state index in [1.54, 1.807) is 0 Å². The zero-order valence-corrected chi connectivity index (χ0v) is 10.2. The van der Waals surface area contributed by atoms with Crippen molar-refractivity contribution in [3.05, 3.63) is 28.3 Å². The summed E-state index contributed by atoms with van der Waals surface area (Å²) in [6.45, 7) is 2.55. The highest BCUT2D eigenvalue weighted by Crippen LogP contribution is 2.08. The van der Waals surface area contributed by atoms with Gasteiger partial charge in [-0.2, -0.15) is 9.50 Å². The lowest BCUT2D eigenvalue weighted by Gasteiger charge is -1.98. The second-order valence-electron chi connectivity index (χ2n) is 3.86. The molecular formula is C10H12N6O3. The third-order valence-corrected chi connectivity index (χ3v) is 2.41. The van der Waals surface area contributed by atoms with Crippen LogP contribution in [-0.4, -0.2) is 37.0 Å². The summed E-state index contributed by atoms with van der Waals surface area (Å²) in [5.41, 5.74) is -0.213. The molecule has 2 heterocycles. The molecule has 0 atom stereocenters. The van der Waals surface area contributed by atoms with Crippen LogP contribution in [0.3, 0.4) is 0 Å². The molecule has 0 unspecified atom stereocenters. The van der Waals surface area contributed by atoms with Crippen LogP contribution >= 0.6 is 0 Å². The Morgan fingerprint density at radius 3 is 3.05 bits per heavy atom. The van der Waals surface area contributed by atoms with E-state index < -0.39 is 10.8 Å². The van der Waals surface area contributed by atoms with E-state index in [2.05, 4.69) is 20.4 Å². The van der Waals surface area contributed by atoms with Crippen molar-refractivity contribution in [2.75, 3.05) is 6.54 Å². The number of aromatic nitrogens is 4. The van der Waals surface area contributed by atoms with Crippen molar-refractivity contribution in [3.8, 4) is 0 Å². The highest BCUT2D eigenvalue weighted by atomic mass is 16.6. The molecule has 0 bridgehead atoms. The molecule has 0 aliphatic carbocycles. The molecule has 0 saturated carbocycles. The molecule has 0 aliphatic heterocycles. The lowest BCUT2D eigenvalue weighted by Crippen LogP contribution is -2.25. The third-order valence-electron chi connectivity index (χ3n) is 2.41. The summed E-state index contributed by atoms with van der Waals surface area (Å²) in [6.07, 6.45) is 4.07. The van der Waals surface area contributed by atoms with Gasteiger partial charge in [0.15, 0.2) is 0 Å². The normalized spacial score (nSPS) is 10.6. The third kappa shape index (κ3) is 2.81. The largest absolute Gasteiger partial charge is 0.349 e. The highest BCUT2D eigenvalue weighted by Gasteiger charge is 2.15. The molecule has 0 aromatic carbocycles. The van der Waals surface area contributed by atoms with Crippen molar-refractivity contribution in [3.63, 3.8) is 0 Å². The smallest absolute Gasteiger partial charge is 0.305 e. The molecule has 100 valence electrons. The Morgan fingerprint density at radius 2 is 2.37 bits per heavy atom. The number of amides is 1. The molecule has 9 nitrogen and oxygen atoms in total. The van der Waals surface area contributed by atoms with Crippen LogP contribution in [-0.2, 0) is 0 Å². The van der Waals surface area contributed by atoms with Gasteiger partial charge in [0.1, 0.15) is 12.4 Å². The lowest BCUT2D eigenvalue weighted by atomic mass is 10.3. The van der Waals surface area contributed by atoms with Gasteiger partial charge in [0, 0.05) is 6.54 Å². The zero-order chi connectivity index (χ0) is 13.8. The van der Waals surface area contributed by atoms with E-state index in [4.69, 9.17) is 0 Å². The molecule has 1 amide bonds.